The van der Waals surface area contributed by atoms with E-state index in [0.717, 1.165) is 90.2 Å². The summed E-state index contributed by atoms with van der Waals surface area (Å²) in [4.78, 5) is 29.7. The van der Waals surface area contributed by atoms with E-state index in [9.17, 15) is 4.79 Å². The highest BCUT2D eigenvalue weighted by atomic mass is 16.5. The van der Waals surface area contributed by atoms with Crippen LogP contribution in [0.15, 0.2) is 48.8 Å². The molecule has 1 amide bonds. The van der Waals surface area contributed by atoms with Crippen molar-refractivity contribution in [3.63, 3.8) is 0 Å². The van der Waals surface area contributed by atoms with E-state index in [0.29, 0.717) is 11.5 Å². The molecule has 6 rings (SSSR count). The Bertz CT molecular complexity index is 1500. The number of nitrogens with one attached hydrogen (secondary N) is 2. The number of fused-ring (bicyclic) bond motifs is 3. The lowest BCUT2D eigenvalue weighted by molar-refractivity contribution is 0.102. The van der Waals surface area contributed by atoms with Crippen LogP contribution in [0.25, 0.3) is 5.82 Å². The van der Waals surface area contributed by atoms with Gasteiger partial charge in [-0.15, -0.1) is 0 Å². The second kappa shape index (κ2) is 9.90. The molecule has 0 radical (unpaired) electrons. The summed E-state index contributed by atoms with van der Waals surface area (Å²) in [5.41, 5.74) is 7.38. The van der Waals surface area contributed by atoms with Crippen LogP contribution in [-0.2, 0) is 17.6 Å². The van der Waals surface area contributed by atoms with Crippen molar-refractivity contribution < 1.29 is 9.53 Å². The molecule has 1 fully saturated rings. The Balaban J connectivity index is 1.24. The monoisotopic (exact) mass is 509 g/mol. The predicted molar refractivity (Wildman–Crippen MR) is 148 cm³/mol. The van der Waals surface area contributed by atoms with Gasteiger partial charge in [-0.05, 0) is 62.9 Å². The van der Waals surface area contributed by atoms with Crippen LogP contribution in [0.4, 0.5) is 23.1 Å². The number of ether oxygens (including phenoxy) is 1. The molecule has 1 saturated heterocycles. The number of carbonyl (C=O) groups is 1. The van der Waals surface area contributed by atoms with E-state index in [4.69, 9.17) is 14.7 Å². The first-order valence-electron chi connectivity index (χ1n) is 13.0. The van der Waals surface area contributed by atoms with Crippen molar-refractivity contribution in [1.29, 1.82) is 0 Å². The molecule has 0 spiro atoms. The number of rotatable bonds is 5. The summed E-state index contributed by atoms with van der Waals surface area (Å²) in [6.07, 6.45) is 5.32. The molecule has 5 heterocycles. The Labute approximate surface area is 221 Å². The molecule has 4 aromatic rings. The fourth-order valence-electron chi connectivity index (χ4n) is 5.18. The molecule has 3 aromatic heterocycles. The molecule has 0 saturated carbocycles. The maximum Gasteiger partial charge on any atom is 0.257 e. The lowest BCUT2D eigenvalue weighted by Crippen LogP contribution is -2.36. The van der Waals surface area contributed by atoms with E-state index in [1.807, 2.05) is 74.1 Å². The minimum Gasteiger partial charge on any atom is -0.378 e. The first-order chi connectivity index (χ1) is 18.5. The lowest BCUT2D eigenvalue weighted by Gasteiger charge is -2.28. The highest BCUT2D eigenvalue weighted by molar-refractivity contribution is 6.06. The summed E-state index contributed by atoms with van der Waals surface area (Å²) in [6, 6.07) is 11.9. The third-order valence-electron chi connectivity index (χ3n) is 7.31. The zero-order valence-corrected chi connectivity index (χ0v) is 21.9. The van der Waals surface area contributed by atoms with Gasteiger partial charge in [0, 0.05) is 42.4 Å². The number of aromatic nitrogens is 4. The van der Waals surface area contributed by atoms with Crippen LogP contribution >= 0.6 is 0 Å². The van der Waals surface area contributed by atoms with Gasteiger partial charge in [-0.1, -0.05) is 18.2 Å². The van der Waals surface area contributed by atoms with Crippen LogP contribution in [0, 0.1) is 20.8 Å². The van der Waals surface area contributed by atoms with Gasteiger partial charge in [0.2, 0.25) is 5.95 Å². The zero-order chi connectivity index (χ0) is 26.2. The maximum atomic E-state index is 13.3. The minimum atomic E-state index is -0.103. The number of aryl methyl sites for hydroxylation is 4. The van der Waals surface area contributed by atoms with Gasteiger partial charge < -0.3 is 24.8 Å². The normalized spacial score (nSPS) is 14.6. The molecule has 0 atom stereocenters. The van der Waals surface area contributed by atoms with Crippen molar-refractivity contribution in [2.45, 2.75) is 33.6 Å². The predicted octanol–water partition coefficient (Wildman–Crippen LogP) is 4.52. The van der Waals surface area contributed by atoms with Crippen molar-refractivity contribution in [2.75, 3.05) is 41.8 Å². The summed E-state index contributed by atoms with van der Waals surface area (Å²) < 4.78 is 7.46. The summed E-state index contributed by atoms with van der Waals surface area (Å²) in [7, 11) is 0. The van der Waals surface area contributed by atoms with Crippen LogP contribution < -0.4 is 15.5 Å². The third kappa shape index (κ3) is 4.50. The first kappa shape index (κ1) is 24.1. The van der Waals surface area contributed by atoms with Crippen molar-refractivity contribution in [3.8, 4) is 5.82 Å². The summed E-state index contributed by atoms with van der Waals surface area (Å²) in [5.74, 6) is 2.14. The highest BCUT2D eigenvalue weighted by Crippen LogP contribution is 2.29. The number of pyridine rings is 1. The van der Waals surface area contributed by atoms with Gasteiger partial charge in [-0.2, -0.15) is 4.98 Å². The second-order valence-corrected chi connectivity index (χ2v) is 9.84. The molecule has 9 nitrogen and oxygen atoms in total. The van der Waals surface area contributed by atoms with E-state index < -0.39 is 0 Å². The molecule has 2 aliphatic heterocycles. The fourth-order valence-corrected chi connectivity index (χ4v) is 5.18. The molecule has 194 valence electrons. The molecule has 0 aliphatic carbocycles. The van der Waals surface area contributed by atoms with Crippen molar-refractivity contribution in [3.05, 3.63) is 82.4 Å². The number of para-hydroxylation sites is 1. The molecular formula is C29H31N7O2. The number of carbonyl (C=O) groups excluding carboxylic acids is 1. The Morgan fingerprint density at radius 3 is 2.53 bits per heavy atom. The molecule has 38 heavy (non-hydrogen) atoms. The summed E-state index contributed by atoms with van der Waals surface area (Å²) in [5, 5.41) is 6.46. The van der Waals surface area contributed by atoms with Gasteiger partial charge in [0.15, 0.2) is 0 Å². The number of hydrogen-bond donors (Lipinski definition) is 2. The molecule has 0 bridgehead atoms. The summed E-state index contributed by atoms with van der Waals surface area (Å²) >= 11 is 0. The standard InChI is InChI=1S/C29H31N7O2/c1-18-5-4-6-19(2)26(18)33-28(37)22-11-12-36-24(22)9-7-21-17-30-29(34-27(21)36)32-23-8-10-25(31-20(23)3)35-13-15-38-16-14-35/h4-6,8,10-12,17H,7,9,13-16H2,1-3H3,(H,33,37)(H,30,32,34). The molecule has 2 N–H and O–H groups in total. The Morgan fingerprint density at radius 2 is 1.76 bits per heavy atom. The third-order valence-corrected chi connectivity index (χ3v) is 7.31. The summed E-state index contributed by atoms with van der Waals surface area (Å²) in [6.45, 7) is 9.13. The van der Waals surface area contributed by atoms with E-state index in [-0.39, 0.29) is 5.91 Å². The minimum absolute atomic E-state index is 0.103. The number of anilines is 4. The smallest absolute Gasteiger partial charge is 0.257 e. The van der Waals surface area contributed by atoms with Gasteiger partial charge >= 0.3 is 0 Å². The Hall–Kier alpha value is -4.24. The highest BCUT2D eigenvalue weighted by Gasteiger charge is 2.24. The number of amides is 1. The van der Waals surface area contributed by atoms with Gasteiger partial charge in [-0.25, -0.2) is 9.97 Å². The largest absolute Gasteiger partial charge is 0.378 e. The zero-order valence-electron chi connectivity index (χ0n) is 21.9. The number of morpholine rings is 1. The van der Waals surface area contributed by atoms with E-state index >= 15 is 0 Å². The first-order valence-corrected chi connectivity index (χ1v) is 13.0. The topological polar surface area (TPSA) is 97.2 Å². The van der Waals surface area contributed by atoms with Crippen LogP contribution in [-0.4, -0.2) is 51.7 Å². The molecule has 9 heteroatoms. The van der Waals surface area contributed by atoms with Crippen LogP contribution in [0.3, 0.4) is 0 Å². The lowest BCUT2D eigenvalue weighted by atomic mass is 10.0. The number of nitrogens with zero attached hydrogens (tertiary/aromatic N) is 5. The van der Waals surface area contributed by atoms with Crippen molar-refractivity contribution >= 4 is 29.0 Å². The Morgan fingerprint density at radius 1 is 0.974 bits per heavy atom. The average Bonchev–Trinajstić information content (AvgIpc) is 3.37. The van der Waals surface area contributed by atoms with Crippen LogP contribution in [0.5, 0.6) is 0 Å². The average molecular weight is 510 g/mol. The SMILES string of the molecule is Cc1cccc(C)c1NC(=O)c1ccn2c1CCc1cnc(Nc3ccc(N4CCOCC4)nc3C)nc1-2. The molecular weight excluding hydrogens is 478 g/mol. The fraction of sp³-hybridized carbons (Fsp3) is 0.310. The quantitative estimate of drug-likeness (QED) is 0.408. The van der Waals surface area contributed by atoms with E-state index in [1.54, 1.807) is 0 Å². The van der Waals surface area contributed by atoms with E-state index in [2.05, 4.69) is 20.5 Å². The van der Waals surface area contributed by atoms with Crippen molar-refractivity contribution in [1.82, 2.24) is 19.5 Å². The molecule has 2 aliphatic rings. The second-order valence-electron chi connectivity index (χ2n) is 9.84. The molecule has 1 aromatic carbocycles. The van der Waals surface area contributed by atoms with E-state index in [1.165, 1.54) is 0 Å². The van der Waals surface area contributed by atoms with Gasteiger partial charge in [0.1, 0.15) is 11.6 Å². The maximum absolute atomic E-state index is 13.3. The van der Waals surface area contributed by atoms with Gasteiger partial charge in [0.25, 0.3) is 5.91 Å². The van der Waals surface area contributed by atoms with Crippen LogP contribution in [0.1, 0.15) is 38.4 Å². The van der Waals surface area contributed by atoms with Gasteiger partial charge in [0.05, 0.1) is 30.2 Å². The number of benzene rings is 1. The van der Waals surface area contributed by atoms with Gasteiger partial charge in [-0.3, -0.25) is 4.79 Å². The van der Waals surface area contributed by atoms with Crippen LogP contribution in [0.2, 0.25) is 0 Å². The number of hydrogen-bond acceptors (Lipinski definition) is 7. The molecule has 0 unspecified atom stereocenters. The Kier molecular flexibility index (Phi) is 6.29. The van der Waals surface area contributed by atoms with Crippen molar-refractivity contribution in [2.24, 2.45) is 0 Å².